The molecule has 3 aromatic rings. The molecule has 11 heteroatoms. The molecular formula is C20H19F4N5O2. The molecular weight excluding hydrogens is 418 g/mol. The fourth-order valence-electron chi connectivity index (χ4n) is 2.98. The van der Waals surface area contributed by atoms with Crippen molar-refractivity contribution < 1.29 is 27.1 Å². The van der Waals surface area contributed by atoms with Gasteiger partial charge in [-0.05, 0) is 37.5 Å². The number of nitrogens with zero attached hydrogens (tertiary/aromatic N) is 4. The highest BCUT2D eigenvalue weighted by Crippen LogP contribution is 2.31. The lowest BCUT2D eigenvalue weighted by Gasteiger charge is -2.17. The molecule has 1 amide bonds. The van der Waals surface area contributed by atoms with Gasteiger partial charge in [-0.3, -0.25) is 14.5 Å². The Bertz CT molecular complexity index is 1110. The molecule has 0 unspecified atom stereocenters. The molecule has 0 aliphatic heterocycles. The second-order valence-electron chi connectivity index (χ2n) is 7.47. The van der Waals surface area contributed by atoms with Crippen molar-refractivity contribution >= 4 is 22.6 Å². The van der Waals surface area contributed by atoms with Crippen LogP contribution in [-0.4, -0.2) is 44.6 Å². The maximum absolute atomic E-state index is 13.1. The van der Waals surface area contributed by atoms with Crippen molar-refractivity contribution in [1.29, 1.82) is 0 Å². The average Bonchev–Trinajstić information content (AvgIpc) is 3.48. The van der Waals surface area contributed by atoms with Crippen LogP contribution >= 0.6 is 0 Å². The number of hydrogen-bond acceptors (Lipinski definition) is 5. The summed E-state index contributed by atoms with van der Waals surface area (Å²) >= 11 is 0. The van der Waals surface area contributed by atoms with Crippen LogP contribution in [-0.2, 0) is 11.3 Å². The summed E-state index contributed by atoms with van der Waals surface area (Å²) in [6.07, 6.45) is 2.47. The van der Waals surface area contributed by atoms with Gasteiger partial charge in [-0.1, -0.05) is 0 Å². The quantitative estimate of drug-likeness (QED) is 0.542. The number of aromatic nitrogens is 4. The van der Waals surface area contributed by atoms with Crippen molar-refractivity contribution in [2.75, 3.05) is 11.9 Å². The summed E-state index contributed by atoms with van der Waals surface area (Å²) in [5.41, 5.74) is 1.69. The van der Waals surface area contributed by atoms with E-state index in [9.17, 15) is 22.4 Å². The minimum Gasteiger partial charge on any atom is -0.485 e. The van der Waals surface area contributed by atoms with E-state index in [1.807, 2.05) is 0 Å². The van der Waals surface area contributed by atoms with Gasteiger partial charge < -0.3 is 10.1 Å². The minimum atomic E-state index is -4.24. The van der Waals surface area contributed by atoms with Crippen molar-refractivity contribution in [3.63, 3.8) is 0 Å². The van der Waals surface area contributed by atoms with E-state index in [2.05, 4.69) is 20.4 Å². The normalized spacial score (nSPS) is 14.3. The molecule has 1 aliphatic rings. The van der Waals surface area contributed by atoms with Crippen molar-refractivity contribution in [2.24, 2.45) is 5.92 Å². The predicted molar refractivity (Wildman–Crippen MR) is 103 cm³/mol. The number of carbonyl (C=O) groups excluding carboxylic acids is 1. The summed E-state index contributed by atoms with van der Waals surface area (Å²) in [5.74, 6) is -3.81. The molecule has 164 valence electrons. The first kappa shape index (κ1) is 21.0. The number of aryl methyl sites for hydroxylation is 1. The molecule has 7 nitrogen and oxygen atoms in total. The van der Waals surface area contributed by atoms with Crippen molar-refractivity contribution in [3.8, 4) is 5.75 Å². The Morgan fingerprint density at radius 1 is 1.35 bits per heavy atom. The number of halogens is 4. The zero-order chi connectivity index (χ0) is 22.2. The van der Waals surface area contributed by atoms with Gasteiger partial charge in [-0.15, -0.1) is 0 Å². The first-order chi connectivity index (χ1) is 14.7. The van der Waals surface area contributed by atoms with Crippen molar-refractivity contribution in [1.82, 2.24) is 19.7 Å². The number of carbonyl (C=O) groups is 1. The first-order valence-corrected chi connectivity index (χ1v) is 9.60. The predicted octanol–water partition coefficient (Wildman–Crippen LogP) is 3.81. The fraction of sp³-hybridized carbons (Fsp3) is 0.400. The summed E-state index contributed by atoms with van der Waals surface area (Å²) in [6.45, 7) is 0.439. The van der Waals surface area contributed by atoms with Gasteiger partial charge in [0.05, 0.1) is 29.3 Å². The molecule has 0 atom stereocenters. The lowest BCUT2D eigenvalue weighted by Crippen LogP contribution is -2.33. The zero-order valence-electron chi connectivity index (χ0n) is 16.5. The highest BCUT2D eigenvalue weighted by atomic mass is 19.3. The summed E-state index contributed by atoms with van der Waals surface area (Å²) in [7, 11) is 0. The van der Waals surface area contributed by atoms with E-state index >= 15 is 0 Å². The van der Waals surface area contributed by atoms with Crippen LogP contribution < -0.4 is 10.1 Å². The van der Waals surface area contributed by atoms with E-state index in [-0.39, 0.29) is 24.1 Å². The maximum atomic E-state index is 13.1. The highest BCUT2D eigenvalue weighted by Gasteiger charge is 2.41. The standard InChI is InChI=1S/C20H19F4N5O2/c1-11-6-13(26-7-16(11)31-10-20(23,24)19(21)22)8-29-9-14-15(28-29)4-5-25-17(14)27-18(30)12-2-3-12/h4-7,9,12,19H,2-3,8,10H2,1H3,(H,25,27,30). The summed E-state index contributed by atoms with van der Waals surface area (Å²) in [5, 5.41) is 7.96. The lowest BCUT2D eigenvalue weighted by molar-refractivity contribution is -0.148. The Balaban J connectivity index is 1.47. The molecule has 1 aliphatic carbocycles. The second-order valence-corrected chi connectivity index (χ2v) is 7.47. The molecule has 31 heavy (non-hydrogen) atoms. The number of amides is 1. The zero-order valence-corrected chi connectivity index (χ0v) is 16.5. The van der Waals surface area contributed by atoms with Gasteiger partial charge in [0.25, 0.3) is 0 Å². The van der Waals surface area contributed by atoms with Crippen LogP contribution in [0.1, 0.15) is 24.1 Å². The molecule has 0 spiro atoms. The number of pyridine rings is 2. The van der Waals surface area contributed by atoms with Gasteiger partial charge in [0.15, 0.2) is 6.61 Å². The molecule has 1 saturated carbocycles. The Hall–Kier alpha value is -3.24. The first-order valence-electron chi connectivity index (χ1n) is 9.60. The molecule has 0 bridgehead atoms. The number of ether oxygens (including phenoxy) is 1. The number of nitrogens with one attached hydrogen (secondary N) is 1. The van der Waals surface area contributed by atoms with Gasteiger partial charge >= 0.3 is 12.3 Å². The third-order valence-electron chi connectivity index (χ3n) is 4.85. The fourth-order valence-corrected chi connectivity index (χ4v) is 2.98. The van der Waals surface area contributed by atoms with E-state index in [0.29, 0.717) is 28.0 Å². The van der Waals surface area contributed by atoms with Gasteiger partial charge in [0, 0.05) is 18.3 Å². The number of fused-ring (bicyclic) bond motifs is 1. The monoisotopic (exact) mass is 437 g/mol. The van der Waals surface area contributed by atoms with E-state index in [0.717, 1.165) is 12.8 Å². The Morgan fingerprint density at radius 2 is 2.13 bits per heavy atom. The number of hydrogen-bond donors (Lipinski definition) is 1. The molecule has 3 heterocycles. The van der Waals surface area contributed by atoms with Crippen LogP contribution in [0.4, 0.5) is 23.4 Å². The van der Waals surface area contributed by atoms with E-state index in [1.54, 1.807) is 36.1 Å². The topological polar surface area (TPSA) is 81.9 Å². The smallest absolute Gasteiger partial charge is 0.340 e. The lowest BCUT2D eigenvalue weighted by atomic mass is 10.2. The maximum Gasteiger partial charge on any atom is 0.340 e. The highest BCUT2D eigenvalue weighted by molar-refractivity contribution is 6.00. The van der Waals surface area contributed by atoms with Gasteiger partial charge in [0.1, 0.15) is 11.6 Å². The largest absolute Gasteiger partial charge is 0.485 e. The van der Waals surface area contributed by atoms with Gasteiger partial charge in [-0.2, -0.15) is 13.9 Å². The summed E-state index contributed by atoms with van der Waals surface area (Å²) in [6, 6.07) is 3.33. The molecule has 3 aromatic heterocycles. The molecule has 0 radical (unpaired) electrons. The van der Waals surface area contributed by atoms with E-state index in [1.165, 1.54) is 6.20 Å². The van der Waals surface area contributed by atoms with Crippen LogP contribution in [0.25, 0.3) is 10.9 Å². The number of alkyl halides is 4. The van der Waals surface area contributed by atoms with Crippen molar-refractivity contribution in [3.05, 3.63) is 42.0 Å². The second kappa shape index (κ2) is 8.12. The third kappa shape index (κ3) is 4.75. The minimum absolute atomic E-state index is 0.00368. The Labute approximate surface area is 174 Å². The molecule has 0 saturated heterocycles. The molecule has 0 aromatic carbocycles. The van der Waals surface area contributed by atoms with Crippen LogP contribution in [0, 0.1) is 12.8 Å². The van der Waals surface area contributed by atoms with E-state index < -0.39 is 19.0 Å². The van der Waals surface area contributed by atoms with Crippen LogP contribution in [0.15, 0.2) is 30.7 Å². The van der Waals surface area contributed by atoms with E-state index in [4.69, 9.17) is 4.74 Å². The van der Waals surface area contributed by atoms with Crippen LogP contribution in [0.3, 0.4) is 0 Å². The van der Waals surface area contributed by atoms with Gasteiger partial charge in [-0.25, -0.2) is 13.8 Å². The third-order valence-corrected chi connectivity index (χ3v) is 4.85. The molecule has 4 rings (SSSR count). The van der Waals surface area contributed by atoms with Gasteiger partial charge in [0.2, 0.25) is 5.91 Å². The summed E-state index contributed by atoms with van der Waals surface area (Å²) < 4.78 is 57.1. The average molecular weight is 437 g/mol. The molecule has 1 N–H and O–H groups in total. The summed E-state index contributed by atoms with van der Waals surface area (Å²) in [4.78, 5) is 20.4. The molecule has 1 fully saturated rings. The Kier molecular flexibility index (Phi) is 5.50. The van der Waals surface area contributed by atoms with Crippen LogP contribution in [0.5, 0.6) is 5.75 Å². The van der Waals surface area contributed by atoms with Crippen LogP contribution in [0.2, 0.25) is 0 Å². The number of anilines is 1. The van der Waals surface area contributed by atoms with Crippen molar-refractivity contribution in [2.45, 2.75) is 38.7 Å². The number of rotatable bonds is 8. The SMILES string of the molecule is Cc1cc(Cn2cc3c(NC(=O)C4CC4)nccc3n2)ncc1OCC(F)(F)C(F)F. The Morgan fingerprint density at radius 3 is 2.81 bits per heavy atom.